The second-order valence-electron chi connectivity index (χ2n) is 4.83. The van der Waals surface area contributed by atoms with E-state index in [0.29, 0.717) is 17.7 Å². The fraction of sp³-hybridized carbons (Fsp3) is 0.308. The first-order valence-corrected chi connectivity index (χ1v) is 8.74. The van der Waals surface area contributed by atoms with Crippen molar-refractivity contribution in [3.63, 3.8) is 0 Å². The quantitative estimate of drug-likeness (QED) is 0.937. The summed E-state index contributed by atoms with van der Waals surface area (Å²) in [6.45, 7) is 0.248. The van der Waals surface area contributed by atoms with Crippen molar-refractivity contribution in [3.8, 4) is 0 Å². The van der Waals surface area contributed by atoms with Crippen LogP contribution in [0.4, 0.5) is 4.39 Å². The van der Waals surface area contributed by atoms with Crippen LogP contribution in [0.25, 0.3) is 10.1 Å². The van der Waals surface area contributed by atoms with Crippen molar-refractivity contribution < 1.29 is 22.7 Å². The van der Waals surface area contributed by atoms with E-state index in [0.717, 1.165) is 11.3 Å². The van der Waals surface area contributed by atoms with E-state index in [1.54, 1.807) is 6.07 Å². The molecule has 112 valence electrons. The van der Waals surface area contributed by atoms with Crippen LogP contribution >= 0.6 is 11.3 Å². The Labute approximate surface area is 124 Å². The Hall–Kier alpha value is -1.51. The minimum Gasteiger partial charge on any atom is -0.477 e. The van der Waals surface area contributed by atoms with Gasteiger partial charge < -0.3 is 5.11 Å². The van der Waals surface area contributed by atoms with E-state index >= 15 is 0 Å². The highest BCUT2D eigenvalue weighted by Crippen LogP contribution is 2.35. The maximum absolute atomic E-state index is 14.0. The third-order valence-electron chi connectivity index (χ3n) is 3.50. The lowest BCUT2D eigenvalue weighted by Gasteiger charge is -2.14. The summed E-state index contributed by atoms with van der Waals surface area (Å²) in [5.41, 5.74) is 0.242. The number of hydrogen-bond acceptors (Lipinski definition) is 4. The van der Waals surface area contributed by atoms with Crippen molar-refractivity contribution in [1.29, 1.82) is 0 Å². The predicted octanol–water partition coefficient (Wildman–Crippen LogP) is 2.27. The zero-order valence-corrected chi connectivity index (χ0v) is 12.5. The maximum atomic E-state index is 14.0. The molecule has 0 radical (unpaired) electrons. The molecule has 0 spiro atoms. The van der Waals surface area contributed by atoms with Crippen molar-refractivity contribution in [2.24, 2.45) is 0 Å². The minimum atomic E-state index is -3.36. The zero-order chi connectivity index (χ0) is 15.2. The molecule has 1 aromatic carbocycles. The lowest BCUT2D eigenvalue weighted by atomic mass is 10.1. The third-order valence-corrected chi connectivity index (χ3v) is 6.58. The first-order valence-electron chi connectivity index (χ1n) is 6.31. The number of aromatic carboxylic acids is 1. The molecule has 8 heteroatoms. The standard InChI is InChI=1S/C13H12FNO4S2/c14-9-3-1-4-10-11(9)8(12(20-10)13(16)17)7-15-5-2-6-21(15,18)19/h1,3-4H,2,5-7H2,(H,16,17). The van der Waals surface area contributed by atoms with E-state index in [1.807, 2.05) is 0 Å². The Morgan fingerprint density at radius 3 is 2.81 bits per heavy atom. The van der Waals surface area contributed by atoms with Crippen LogP contribution in [-0.4, -0.2) is 36.1 Å². The van der Waals surface area contributed by atoms with Gasteiger partial charge in [-0.3, -0.25) is 0 Å². The Kier molecular flexibility index (Phi) is 3.46. The predicted molar refractivity (Wildman–Crippen MR) is 77.6 cm³/mol. The molecule has 0 bridgehead atoms. The molecule has 1 aromatic heterocycles. The molecule has 2 aromatic rings. The monoisotopic (exact) mass is 329 g/mol. The number of carboxylic acid groups (broad SMARTS) is 1. The van der Waals surface area contributed by atoms with E-state index in [-0.39, 0.29) is 28.1 Å². The van der Waals surface area contributed by atoms with Crippen molar-refractivity contribution in [1.82, 2.24) is 4.31 Å². The largest absolute Gasteiger partial charge is 0.477 e. The van der Waals surface area contributed by atoms with Crippen molar-refractivity contribution in [2.75, 3.05) is 12.3 Å². The van der Waals surface area contributed by atoms with Gasteiger partial charge in [-0.2, -0.15) is 4.31 Å². The summed E-state index contributed by atoms with van der Waals surface area (Å²) in [7, 11) is -3.36. The molecule has 0 aliphatic carbocycles. The van der Waals surface area contributed by atoms with Gasteiger partial charge in [-0.05, 0) is 18.6 Å². The molecule has 0 saturated carbocycles. The SMILES string of the molecule is O=C(O)c1sc2cccc(F)c2c1CN1CCCS1(=O)=O. The van der Waals surface area contributed by atoms with Crippen molar-refractivity contribution in [2.45, 2.75) is 13.0 Å². The fourth-order valence-electron chi connectivity index (χ4n) is 2.54. The second kappa shape index (κ2) is 5.04. The van der Waals surface area contributed by atoms with Gasteiger partial charge in [0.15, 0.2) is 0 Å². The molecule has 1 saturated heterocycles. The number of fused-ring (bicyclic) bond motifs is 1. The Balaban J connectivity index is 2.16. The highest BCUT2D eigenvalue weighted by Gasteiger charge is 2.31. The summed E-state index contributed by atoms with van der Waals surface area (Å²) >= 11 is 0.969. The smallest absolute Gasteiger partial charge is 0.346 e. The number of hydrogen-bond donors (Lipinski definition) is 1. The molecule has 1 N–H and O–H groups in total. The molecule has 0 atom stereocenters. The Morgan fingerprint density at radius 2 is 2.19 bits per heavy atom. The Bertz CT molecular complexity index is 828. The second-order valence-corrected chi connectivity index (χ2v) is 7.97. The molecule has 1 aliphatic heterocycles. The normalized spacial score (nSPS) is 18.3. The summed E-state index contributed by atoms with van der Waals surface area (Å²) in [6, 6.07) is 4.40. The molecule has 1 aliphatic rings. The van der Waals surface area contributed by atoms with Crippen LogP contribution in [0.2, 0.25) is 0 Å². The van der Waals surface area contributed by atoms with E-state index < -0.39 is 21.8 Å². The molecular weight excluding hydrogens is 317 g/mol. The average molecular weight is 329 g/mol. The molecule has 1 fully saturated rings. The van der Waals surface area contributed by atoms with Crippen LogP contribution in [0.1, 0.15) is 21.7 Å². The summed E-state index contributed by atoms with van der Waals surface area (Å²) in [4.78, 5) is 11.4. The van der Waals surface area contributed by atoms with Crippen LogP contribution < -0.4 is 0 Å². The first-order chi connectivity index (χ1) is 9.90. The first kappa shape index (κ1) is 14.4. The molecule has 3 rings (SSSR count). The lowest BCUT2D eigenvalue weighted by molar-refractivity contribution is 0.0700. The minimum absolute atomic E-state index is 0.00259. The molecule has 0 unspecified atom stereocenters. The molecule has 0 amide bonds. The lowest BCUT2D eigenvalue weighted by Crippen LogP contribution is -2.25. The highest BCUT2D eigenvalue weighted by molar-refractivity contribution is 7.89. The van der Waals surface area contributed by atoms with Gasteiger partial charge in [-0.1, -0.05) is 6.07 Å². The number of sulfonamides is 1. The van der Waals surface area contributed by atoms with Crippen molar-refractivity contribution >= 4 is 37.4 Å². The number of nitrogens with zero attached hydrogens (tertiary/aromatic N) is 1. The summed E-state index contributed by atoms with van der Waals surface area (Å²) in [5.74, 6) is -1.63. The van der Waals surface area contributed by atoms with E-state index in [2.05, 4.69) is 0 Å². The molecule has 21 heavy (non-hydrogen) atoms. The summed E-state index contributed by atoms with van der Waals surface area (Å²) < 4.78 is 39.5. The molecular formula is C13H12FNO4S2. The number of benzene rings is 1. The fourth-order valence-corrected chi connectivity index (χ4v) is 5.09. The van der Waals surface area contributed by atoms with E-state index in [4.69, 9.17) is 0 Å². The number of carboxylic acids is 1. The molecule has 5 nitrogen and oxygen atoms in total. The molecule has 2 heterocycles. The van der Waals surface area contributed by atoms with Crippen LogP contribution in [0.5, 0.6) is 0 Å². The van der Waals surface area contributed by atoms with Gasteiger partial charge in [0.25, 0.3) is 0 Å². The summed E-state index contributed by atoms with van der Waals surface area (Å²) in [5, 5.41) is 9.49. The Morgan fingerprint density at radius 1 is 1.43 bits per heavy atom. The number of halogens is 1. The number of thiophene rings is 1. The van der Waals surface area contributed by atoms with Crippen molar-refractivity contribution in [3.05, 3.63) is 34.5 Å². The number of carbonyl (C=O) groups is 1. The van der Waals surface area contributed by atoms with Gasteiger partial charge in [-0.25, -0.2) is 17.6 Å². The van der Waals surface area contributed by atoms with Gasteiger partial charge in [0, 0.05) is 28.7 Å². The van der Waals surface area contributed by atoms with Crippen LogP contribution in [0.3, 0.4) is 0 Å². The van der Waals surface area contributed by atoms with E-state index in [9.17, 15) is 22.7 Å². The zero-order valence-electron chi connectivity index (χ0n) is 10.9. The van der Waals surface area contributed by atoms with Gasteiger partial charge in [0.1, 0.15) is 10.7 Å². The van der Waals surface area contributed by atoms with Crippen LogP contribution in [0.15, 0.2) is 18.2 Å². The van der Waals surface area contributed by atoms with Gasteiger partial charge in [0.05, 0.1) is 5.75 Å². The maximum Gasteiger partial charge on any atom is 0.346 e. The van der Waals surface area contributed by atoms with Crippen LogP contribution in [-0.2, 0) is 16.6 Å². The van der Waals surface area contributed by atoms with Gasteiger partial charge >= 0.3 is 5.97 Å². The van der Waals surface area contributed by atoms with E-state index in [1.165, 1.54) is 16.4 Å². The van der Waals surface area contributed by atoms with Crippen LogP contribution in [0, 0.1) is 5.82 Å². The average Bonchev–Trinajstić information content (AvgIpc) is 2.92. The highest BCUT2D eigenvalue weighted by atomic mass is 32.2. The van der Waals surface area contributed by atoms with Gasteiger partial charge in [-0.15, -0.1) is 11.3 Å². The summed E-state index contributed by atoms with van der Waals surface area (Å²) in [6.07, 6.45) is 0.509. The number of rotatable bonds is 3. The topological polar surface area (TPSA) is 74.7 Å². The third kappa shape index (κ3) is 2.43. The van der Waals surface area contributed by atoms with Gasteiger partial charge in [0.2, 0.25) is 10.0 Å².